The summed E-state index contributed by atoms with van der Waals surface area (Å²) < 4.78 is 0. The standard InChI is InChI=1S/C11H12ClN3O3S/c1-6(2)13-11(19)14-10(16)7-3-4-8(12)9(5-7)15(17)18/h3-6H,1-2H3,(H2,13,14,16,19). The highest BCUT2D eigenvalue weighted by Crippen LogP contribution is 2.24. The summed E-state index contributed by atoms with van der Waals surface area (Å²) in [5.41, 5.74) is -0.207. The lowest BCUT2D eigenvalue weighted by atomic mass is 10.2. The number of nitrogens with zero attached hydrogens (tertiary/aromatic N) is 1. The highest BCUT2D eigenvalue weighted by atomic mass is 35.5. The third-order valence-electron chi connectivity index (χ3n) is 2.05. The summed E-state index contributed by atoms with van der Waals surface area (Å²) in [4.78, 5) is 21.9. The molecule has 8 heteroatoms. The fourth-order valence-corrected chi connectivity index (χ4v) is 1.78. The number of benzene rings is 1. The first-order valence-corrected chi connectivity index (χ1v) is 6.15. The van der Waals surface area contributed by atoms with E-state index in [4.69, 9.17) is 23.8 Å². The Bertz CT molecular complexity index is 534. The molecule has 0 bridgehead atoms. The average molecular weight is 302 g/mol. The van der Waals surface area contributed by atoms with Crippen LogP contribution in [-0.4, -0.2) is 22.0 Å². The Balaban J connectivity index is 2.86. The number of thiocarbonyl (C=S) groups is 1. The van der Waals surface area contributed by atoms with Crippen molar-refractivity contribution in [2.24, 2.45) is 0 Å². The number of rotatable bonds is 3. The second-order valence-electron chi connectivity index (χ2n) is 4.01. The summed E-state index contributed by atoms with van der Waals surface area (Å²) in [5.74, 6) is -0.530. The van der Waals surface area contributed by atoms with Crippen molar-refractivity contribution >= 4 is 40.5 Å². The van der Waals surface area contributed by atoms with E-state index in [9.17, 15) is 14.9 Å². The molecule has 1 rings (SSSR count). The quantitative estimate of drug-likeness (QED) is 0.508. The van der Waals surface area contributed by atoms with Crippen LogP contribution < -0.4 is 10.6 Å². The van der Waals surface area contributed by atoms with E-state index in [0.29, 0.717) is 0 Å². The number of nitrogens with one attached hydrogen (secondary N) is 2. The Morgan fingerprint density at radius 2 is 2.11 bits per heavy atom. The van der Waals surface area contributed by atoms with E-state index in [0.717, 1.165) is 6.07 Å². The van der Waals surface area contributed by atoms with Crippen molar-refractivity contribution in [1.29, 1.82) is 0 Å². The normalized spacial score (nSPS) is 10.1. The van der Waals surface area contributed by atoms with E-state index in [-0.39, 0.29) is 27.4 Å². The van der Waals surface area contributed by atoms with Crippen LogP contribution >= 0.6 is 23.8 Å². The Morgan fingerprint density at radius 1 is 1.47 bits per heavy atom. The van der Waals surface area contributed by atoms with Crippen molar-refractivity contribution in [3.63, 3.8) is 0 Å². The molecule has 0 aliphatic rings. The van der Waals surface area contributed by atoms with E-state index >= 15 is 0 Å². The summed E-state index contributed by atoms with van der Waals surface area (Å²) >= 11 is 10.6. The third kappa shape index (κ3) is 4.46. The summed E-state index contributed by atoms with van der Waals surface area (Å²) in [6, 6.07) is 3.87. The predicted molar refractivity (Wildman–Crippen MR) is 76.4 cm³/mol. The van der Waals surface area contributed by atoms with Gasteiger partial charge in [0.15, 0.2) is 5.11 Å². The molecule has 0 heterocycles. The zero-order valence-electron chi connectivity index (χ0n) is 10.3. The van der Waals surface area contributed by atoms with Gasteiger partial charge in [0.1, 0.15) is 5.02 Å². The van der Waals surface area contributed by atoms with Crippen LogP contribution in [0.3, 0.4) is 0 Å². The van der Waals surface area contributed by atoms with Crippen molar-refractivity contribution < 1.29 is 9.72 Å². The summed E-state index contributed by atoms with van der Waals surface area (Å²) in [5, 5.41) is 16.1. The number of carbonyl (C=O) groups is 1. The summed E-state index contributed by atoms with van der Waals surface area (Å²) in [6.45, 7) is 3.73. The molecule has 1 amide bonds. The molecule has 1 aromatic carbocycles. The van der Waals surface area contributed by atoms with E-state index in [1.165, 1.54) is 12.1 Å². The highest BCUT2D eigenvalue weighted by Gasteiger charge is 2.16. The van der Waals surface area contributed by atoms with Gasteiger partial charge < -0.3 is 5.32 Å². The first kappa shape index (κ1) is 15.3. The molecule has 0 aliphatic heterocycles. The van der Waals surface area contributed by atoms with Crippen molar-refractivity contribution in [3.05, 3.63) is 38.9 Å². The number of hydrogen-bond acceptors (Lipinski definition) is 4. The maximum absolute atomic E-state index is 11.8. The van der Waals surface area contributed by atoms with Crippen LogP contribution in [0, 0.1) is 10.1 Å². The number of halogens is 1. The van der Waals surface area contributed by atoms with Crippen LogP contribution in [-0.2, 0) is 0 Å². The van der Waals surface area contributed by atoms with Crippen LogP contribution in [0.1, 0.15) is 24.2 Å². The molecule has 0 atom stereocenters. The second-order valence-corrected chi connectivity index (χ2v) is 4.82. The van der Waals surface area contributed by atoms with Crippen LogP contribution in [0.25, 0.3) is 0 Å². The molecule has 19 heavy (non-hydrogen) atoms. The van der Waals surface area contributed by atoms with E-state index in [2.05, 4.69) is 10.6 Å². The zero-order chi connectivity index (χ0) is 14.6. The van der Waals surface area contributed by atoms with Crippen LogP contribution in [0.15, 0.2) is 18.2 Å². The number of carbonyl (C=O) groups excluding carboxylic acids is 1. The largest absolute Gasteiger partial charge is 0.360 e. The van der Waals surface area contributed by atoms with Crippen molar-refractivity contribution in [2.75, 3.05) is 0 Å². The molecular formula is C11H12ClN3O3S. The van der Waals surface area contributed by atoms with Crippen molar-refractivity contribution in [2.45, 2.75) is 19.9 Å². The molecule has 0 fully saturated rings. The van der Waals surface area contributed by atoms with Gasteiger partial charge in [-0.15, -0.1) is 0 Å². The molecule has 0 spiro atoms. The van der Waals surface area contributed by atoms with Gasteiger partial charge in [-0.3, -0.25) is 20.2 Å². The molecule has 0 saturated heterocycles. The zero-order valence-corrected chi connectivity index (χ0v) is 11.8. The number of hydrogen-bond donors (Lipinski definition) is 2. The van der Waals surface area contributed by atoms with Gasteiger partial charge in [-0.1, -0.05) is 11.6 Å². The van der Waals surface area contributed by atoms with Crippen molar-refractivity contribution in [3.8, 4) is 0 Å². The molecule has 0 saturated carbocycles. The van der Waals surface area contributed by atoms with Gasteiger partial charge in [0.2, 0.25) is 0 Å². The van der Waals surface area contributed by atoms with Gasteiger partial charge in [0, 0.05) is 17.7 Å². The van der Waals surface area contributed by atoms with E-state index in [1.807, 2.05) is 13.8 Å². The van der Waals surface area contributed by atoms with Crippen molar-refractivity contribution in [1.82, 2.24) is 10.6 Å². The van der Waals surface area contributed by atoms with Gasteiger partial charge in [0.05, 0.1) is 4.92 Å². The minimum absolute atomic E-state index is 0.0237. The SMILES string of the molecule is CC(C)NC(=S)NC(=O)c1ccc(Cl)c([N+](=O)[O-])c1. The molecule has 0 aliphatic carbocycles. The lowest BCUT2D eigenvalue weighted by Gasteiger charge is -2.12. The Morgan fingerprint density at radius 3 is 2.63 bits per heavy atom. The van der Waals surface area contributed by atoms with Gasteiger partial charge in [0.25, 0.3) is 11.6 Å². The van der Waals surface area contributed by atoms with Gasteiger partial charge in [-0.2, -0.15) is 0 Å². The second kappa shape index (κ2) is 6.44. The first-order valence-electron chi connectivity index (χ1n) is 5.37. The molecule has 2 N–H and O–H groups in total. The van der Waals surface area contributed by atoms with E-state index < -0.39 is 10.8 Å². The maximum atomic E-state index is 11.8. The molecule has 0 aromatic heterocycles. The summed E-state index contributed by atoms with van der Waals surface area (Å²) in [7, 11) is 0. The monoisotopic (exact) mass is 301 g/mol. The predicted octanol–water partition coefficient (Wildman–Crippen LogP) is 2.26. The Kier molecular flexibility index (Phi) is 5.20. The van der Waals surface area contributed by atoms with Crippen LogP contribution in [0.2, 0.25) is 5.02 Å². The number of amides is 1. The van der Waals surface area contributed by atoms with Gasteiger partial charge in [-0.05, 0) is 38.2 Å². The number of nitro benzene ring substituents is 1. The molecule has 0 radical (unpaired) electrons. The fraction of sp³-hybridized carbons (Fsp3) is 0.273. The topological polar surface area (TPSA) is 84.3 Å². The maximum Gasteiger partial charge on any atom is 0.288 e. The molecule has 1 aromatic rings. The Hall–Kier alpha value is -1.73. The van der Waals surface area contributed by atoms with Crippen LogP contribution in [0.5, 0.6) is 0 Å². The van der Waals surface area contributed by atoms with Gasteiger partial charge >= 0.3 is 0 Å². The average Bonchev–Trinajstić information content (AvgIpc) is 2.27. The highest BCUT2D eigenvalue weighted by molar-refractivity contribution is 7.80. The smallest absolute Gasteiger partial charge is 0.288 e. The lowest BCUT2D eigenvalue weighted by Crippen LogP contribution is -2.42. The molecule has 102 valence electrons. The Labute approximate surface area is 120 Å². The summed E-state index contributed by atoms with van der Waals surface area (Å²) in [6.07, 6.45) is 0. The molecule has 0 unspecified atom stereocenters. The van der Waals surface area contributed by atoms with Crippen LogP contribution in [0.4, 0.5) is 5.69 Å². The minimum atomic E-state index is -0.649. The lowest BCUT2D eigenvalue weighted by molar-refractivity contribution is -0.384. The van der Waals surface area contributed by atoms with E-state index in [1.54, 1.807) is 0 Å². The fourth-order valence-electron chi connectivity index (χ4n) is 1.27. The van der Waals surface area contributed by atoms with Gasteiger partial charge in [-0.25, -0.2) is 0 Å². The minimum Gasteiger partial charge on any atom is -0.360 e. The molecular weight excluding hydrogens is 290 g/mol. The third-order valence-corrected chi connectivity index (χ3v) is 2.59. The molecule has 6 nitrogen and oxygen atoms in total. The first-order chi connectivity index (χ1) is 8.81. The number of nitro groups is 1.